The van der Waals surface area contributed by atoms with E-state index in [0.29, 0.717) is 23.7 Å². The van der Waals surface area contributed by atoms with Gasteiger partial charge < -0.3 is 9.47 Å². The molecule has 0 aliphatic heterocycles. The Morgan fingerprint density at radius 3 is 2.52 bits per heavy atom. The molecule has 21 heavy (non-hydrogen) atoms. The van der Waals surface area contributed by atoms with E-state index in [1.165, 1.54) is 7.11 Å². The fourth-order valence-corrected chi connectivity index (χ4v) is 2.84. The summed E-state index contributed by atoms with van der Waals surface area (Å²) < 4.78 is 12.9. The summed E-state index contributed by atoms with van der Waals surface area (Å²) in [6.07, 6.45) is 0. The maximum absolute atomic E-state index is 11.2. The van der Waals surface area contributed by atoms with Gasteiger partial charge in [0.15, 0.2) is 11.5 Å². The van der Waals surface area contributed by atoms with E-state index in [0.717, 1.165) is 13.6 Å². The van der Waals surface area contributed by atoms with Crippen molar-refractivity contribution in [3.05, 3.63) is 55.6 Å². The Labute approximate surface area is 149 Å². The largest absolute Gasteiger partial charge is 0.493 e. The van der Waals surface area contributed by atoms with Crippen molar-refractivity contribution in [2.75, 3.05) is 7.11 Å². The SMILES string of the molecule is COc1cc(C(=O)Cl)cc(I)c1OCc1ccc(Br)cc1. The maximum atomic E-state index is 11.2. The third-order valence-corrected chi connectivity index (χ3v) is 4.30. The van der Waals surface area contributed by atoms with Crippen molar-refractivity contribution in [3.8, 4) is 11.5 Å². The molecule has 0 unspecified atom stereocenters. The van der Waals surface area contributed by atoms with Crippen LogP contribution in [-0.4, -0.2) is 12.4 Å². The normalized spacial score (nSPS) is 10.3. The van der Waals surface area contributed by atoms with Crippen LogP contribution in [0, 0.1) is 3.57 Å². The molecule has 6 heteroatoms. The molecule has 110 valence electrons. The quantitative estimate of drug-likeness (QED) is 0.445. The van der Waals surface area contributed by atoms with E-state index < -0.39 is 5.24 Å². The van der Waals surface area contributed by atoms with Gasteiger partial charge in [0, 0.05) is 10.0 Å². The Hall–Kier alpha value is -0.790. The molecule has 0 spiro atoms. The summed E-state index contributed by atoms with van der Waals surface area (Å²) in [6, 6.07) is 11.1. The van der Waals surface area contributed by atoms with Crippen LogP contribution in [0.4, 0.5) is 0 Å². The van der Waals surface area contributed by atoms with E-state index in [-0.39, 0.29) is 0 Å². The number of carbonyl (C=O) groups is 1. The third kappa shape index (κ3) is 4.34. The van der Waals surface area contributed by atoms with Crippen LogP contribution in [0.15, 0.2) is 40.9 Å². The predicted molar refractivity (Wildman–Crippen MR) is 94.4 cm³/mol. The fourth-order valence-electron chi connectivity index (χ4n) is 1.71. The molecule has 2 aromatic carbocycles. The summed E-state index contributed by atoms with van der Waals surface area (Å²) in [7, 11) is 1.53. The van der Waals surface area contributed by atoms with Crippen LogP contribution in [0.25, 0.3) is 0 Å². The Kier molecular flexibility index (Phi) is 5.89. The molecule has 0 fully saturated rings. The van der Waals surface area contributed by atoms with Gasteiger partial charge in [-0.2, -0.15) is 0 Å². The second-order valence-electron chi connectivity index (χ2n) is 4.18. The second kappa shape index (κ2) is 7.47. The Bertz CT molecular complexity index is 659. The number of halogens is 3. The van der Waals surface area contributed by atoms with Crippen molar-refractivity contribution < 1.29 is 14.3 Å². The number of methoxy groups -OCH3 is 1. The number of ether oxygens (including phenoxy) is 2. The van der Waals surface area contributed by atoms with Gasteiger partial charge in [0.25, 0.3) is 5.24 Å². The Morgan fingerprint density at radius 2 is 1.95 bits per heavy atom. The highest BCUT2D eigenvalue weighted by atomic mass is 127. The number of benzene rings is 2. The molecule has 0 amide bonds. The molecule has 0 aliphatic rings. The molecule has 0 saturated heterocycles. The molecule has 3 nitrogen and oxygen atoms in total. The molecule has 0 heterocycles. The highest BCUT2D eigenvalue weighted by molar-refractivity contribution is 14.1. The van der Waals surface area contributed by atoms with Crippen LogP contribution in [0.1, 0.15) is 15.9 Å². The minimum absolute atomic E-state index is 0.383. The highest BCUT2D eigenvalue weighted by Crippen LogP contribution is 2.35. The van der Waals surface area contributed by atoms with Gasteiger partial charge in [0.2, 0.25) is 0 Å². The first kappa shape index (κ1) is 16.6. The van der Waals surface area contributed by atoms with E-state index >= 15 is 0 Å². The summed E-state index contributed by atoms with van der Waals surface area (Å²) in [4.78, 5) is 11.2. The van der Waals surface area contributed by atoms with Gasteiger partial charge in [-0.1, -0.05) is 28.1 Å². The molecule has 0 atom stereocenters. The molecule has 2 rings (SSSR count). The van der Waals surface area contributed by atoms with Gasteiger partial charge >= 0.3 is 0 Å². The molecule has 0 radical (unpaired) electrons. The highest BCUT2D eigenvalue weighted by Gasteiger charge is 2.14. The molecule has 0 N–H and O–H groups in total. The van der Waals surface area contributed by atoms with Crippen LogP contribution in [0.2, 0.25) is 0 Å². The van der Waals surface area contributed by atoms with E-state index in [1.54, 1.807) is 12.1 Å². The Balaban J connectivity index is 2.23. The van der Waals surface area contributed by atoms with Crippen LogP contribution in [0.5, 0.6) is 11.5 Å². The molecular formula is C15H11BrClIO3. The van der Waals surface area contributed by atoms with Crippen molar-refractivity contribution in [1.29, 1.82) is 0 Å². The minimum atomic E-state index is -0.523. The average Bonchev–Trinajstić information content (AvgIpc) is 2.46. The van der Waals surface area contributed by atoms with Gasteiger partial charge in [-0.15, -0.1) is 0 Å². The standard InChI is InChI=1S/C15H11BrClIO3/c1-20-13-7-10(15(17)19)6-12(18)14(13)21-8-9-2-4-11(16)5-3-9/h2-7H,8H2,1H3. The minimum Gasteiger partial charge on any atom is -0.493 e. The maximum Gasteiger partial charge on any atom is 0.252 e. The molecule has 0 saturated carbocycles. The van der Waals surface area contributed by atoms with Crippen LogP contribution >= 0.6 is 50.1 Å². The second-order valence-corrected chi connectivity index (χ2v) is 6.60. The van der Waals surface area contributed by atoms with Crippen LogP contribution < -0.4 is 9.47 Å². The first-order chi connectivity index (χ1) is 10.0. The van der Waals surface area contributed by atoms with Crippen molar-refractivity contribution in [2.45, 2.75) is 6.61 Å². The van der Waals surface area contributed by atoms with Crippen molar-refractivity contribution >= 4 is 55.4 Å². The van der Waals surface area contributed by atoms with Gasteiger partial charge in [-0.05, 0) is 64.0 Å². The summed E-state index contributed by atoms with van der Waals surface area (Å²) in [6.45, 7) is 0.411. The zero-order chi connectivity index (χ0) is 15.4. The fraction of sp³-hybridized carbons (Fsp3) is 0.133. The lowest BCUT2D eigenvalue weighted by Crippen LogP contribution is -2.01. The predicted octanol–water partition coefficient (Wildman–Crippen LogP) is 5.02. The average molecular weight is 482 g/mol. The molecule has 2 aromatic rings. The smallest absolute Gasteiger partial charge is 0.252 e. The third-order valence-electron chi connectivity index (χ3n) is 2.75. The molecule has 0 aromatic heterocycles. The summed E-state index contributed by atoms with van der Waals surface area (Å²) in [5.41, 5.74) is 1.42. The van der Waals surface area contributed by atoms with Crippen LogP contribution in [0.3, 0.4) is 0 Å². The molecule has 0 bridgehead atoms. The number of carbonyl (C=O) groups excluding carboxylic acids is 1. The molecular weight excluding hydrogens is 470 g/mol. The van der Waals surface area contributed by atoms with Crippen molar-refractivity contribution in [1.82, 2.24) is 0 Å². The van der Waals surface area contributed by atoms with E-state index in [1.807, 2.05) is 24.3 Å². The number of rotatable bonds is 5. The molecule has 0 aliphatic carbocycles. The van der Waals surface area contributed by atoms with Gasteiger partial charge in [0.05, 0.1) is 10.7 Å². The first-order valence-electron chi connectivity index (χ1n) is 5.96. The van der Waals surface area contributed by atoms with Gasteiger partial charge in [-0.25, -0.2) is 0 Å². The number of hydrogen-bond acceptors (Lipinski definition) is 3. The summed E-state index contributed by atoms with van der Waals surface area (Å²) in [5, 5.41) is -0.523. The number of hydrogen-bond donors (Lipinski definition) is 0. The zero-order valence-corrected chi connectivity index (χ0v) is 15.5. The lowest BCUT2D eigenvalue weighted by molar-refractivity contribution is 0.108. The monoisotopic (exact) mass is 480 g/mol. The van der Waals surface area contributed by atoms with Gasteiger partial charge in [0.1, 0.15) is 6.61 Å². The van der Waals surface area contributed by atoms with Crippen LogP contribution in [-0.2, 0) is 6.61 Å². The lowest BCUT2D eigenvalue weighted by atomic mass is 10.2. The van der Waals surface area contributed by atoms with E-state index in [9.17, 15) is 4.79 Å². The van der Waals surface area contributed by atoms with Crippen molar-refractivity contribution in [2.24, 2.45) is 0 Å². The van der Waals surface area contributed by atoms with E-state index in [4.69, 9.17) is 21.1 Å². The topological polar surface area (TPSA) is 35.5 Å². The first-order valence-corrected chi connectivity index (χ1v) is 8.21. The summed E-state index contributed by atoms with van der Waals surface area (Å²) in [5.74, 6) is 1.09. The van der Waals surface area contributed by atoms with Gasteiger partial charge in [-0.3, -0.25) is 4.79 Å². The summed E-state index contributed by atoms with van der Waals surface area (Å²) >= 11 is 11.0. The zero-order valence-electron chi connectivity index (χ0n) is 11.0. The van der Waals surface area contributed by atoms with E-state index in [2.05, 4.69) is 38.5 Å². The van der Waals surface area contributed by atoms with Crippen molar-refractivity contribution in [3.63, 3.8) is 0 Å². The Morgan fingerprint density at radius 1 is 1.29 bits per heavy atom. The lowest BCUT2D eigenvalue weighted by Gasteiger charge is -2.13.